The summed E-state index contributed by atoms with van der Waals surface area (Å²) in [5, 5.41) is 1.85. The Hall–Kier alpha value is -1.00. The molecule has 0 saturated carbocycles. The average molecular weight is 222 g/mol. The summed E-state index contributed by atoms with van der Waals surface area (Å²) in [4.78, 5) is 1.57. The molecule has 0 atom stereocenters. The third-order valence-electron chi connectivity index (χ3n) is 2.17. The van der Waals surface area contributed by atoms with Crippen molar-refractivity contribution in [3.8, 4) is 0 Å². The molecule has 0 aliphatic rings. The van der Waals surface area contributed by atoms with E-state index in [0.29, 0.717) is 11.4 Å². The van der Waals surface area contributed by atoms with Crippen molar-refractivity contribution in [1.29, 1.82) is 0 Å². The number of thiol groups is 2. The lowest BCUT2D eigenvalue weighted by Crippen LogP contribution is -1.93. The molecule has 0 amide bonds. The fourth-order valence-corrected chi connectivity index (χ4v) is 1.92. The highest BCUT2D eigenvalue weighted by Crippen LogP contribution is 2.32. The second-order valence-corrected chi connectivity index (χ2v) is 4.13. The number of nitrogens with two attached hydrogens (primary N) is 2. The van der Waals surface area contributed by atoms with Gasteiger partial charge in [-0.1, -0.05) is 6.07 Å². The molecule has 4 N–H and O–H groups in total. The number of benzene rings is 2. The van der Waals surface area contributed by atoms with E-state index in [1.807, 2.05) is 24.3 Å². The van der Waals surface area contributed by atoms with Crippen molar-refractivity contribution in [2.24, 2.45) is 0 Å². The predicted molar refractivity (Wildman–Crippen MR) is 67.3 cm³/mol. The van der Waals surface area contributed by atoms with Gasteiger partial charge in [0.15, 0.2) is 0 Å². The first-order valence-electron chi connectivity index (χ1n) is 4.09. The maximum atomic E-state index is 5.89. The zero-order chi connectivity index (χ0) is 10.3. The van der Waals surface area contributed by atoms with Gasteiger partial charge in [-0.2, -0.15) is 0 Å². The number of hydrogen-bond acceptors (Lipinski definition) is 4. The predicted octanol–water partition coefficient (Wildman–Crippen LogP) is 2.58. The molecule has 0 aliphatic carbocycles. The van der Waals surface area contributed by atoms with Crippen LogP contribution >= 0.6 is 25.3 Å². The van der Waals surface area contributed by atoms with Crippen LogP contribution in [-0.4, -0.2) is 0 Å². The van der Waals surface area contributed by atoms with Crippen LogP contribution in [0.3, 0.4) is 0 Å². The largest absolute Gasteiger partial charge is 0.398 e. The molecule has 2 nitrogen and oxygen atoms in total. The fraction of sp³-hybridized carbons (Fsp3) is 0. The van der Waals surface area contributed by atoms with Gasteiger partial charge in [-0.3, -0.25) is 0 Å². The van der Waals surface area contributed by atoms with Crippen LogP contribution < -0.4 is 11.5 Å². The van der Waals surface area contributed by atoms with Crippen LogP contribution in [0.15, 0.2) is 34.1 Å². The third-order valence-corrected chi connectivity index (χ3v) is 2.82. The standard InChI is InChI=1S/C10H10N2S2/c11-8-4-5(13)3-7-6(8)1-2-9(14)10(7)12/h1-4,13-14H,11-12H2. The van der Waals surface area contributed by atoms with E-state index in [-0.39, 0.29) is 0 Å². The highest BCUT2D eigenvalue weighted by Gasteiger charge is 2.05. The van der Waals surface area contributed by atoms with E-state index in [2.05, 4.69) is 25.3 Å². The normalized spacial score (nSPS) is 10.7. The molecular formula is C10H10N2S2. The number of nitrogen functional groups attached to an aromatic ring is 2. The maximum Gasteiger partial charge on any atom is 0.0530 e. The van der Waals surface area contributed by atoms with Crippen LogP contribution in [0, 0.1) is 0 Å². The highest BCUT2D eigenvalue weighted by atomic mass is 32.1. The minimum Gasteiger partial charge on any atom is -0.398 e. The van der Waals surface area contributed by atoms with E-state index in [4.69, 9.17) is 11.5 Å². The van der Waals surface area contributed by atoms with Gasteiger partial charge in [0.1, 0.15) is 0 Å². The van der Waals surface area contributed by atoms with E-state index < -0.39 is 0 Å². The molecule has 2 aromatic rings. The quantitative estimate of drug-likeness (QED) is 0.409. The molecule has 0 heterocycles. The molecule has 0 radical (unpaired) electrons. The lowest BCUT2D eigenvalue weighted by Gasteiger charge is -2.08. The van der Waals surface area contributed by atoms with Gasteiger partial charge >= 0.3 is 0 Å². The zero-order valence-electron chi connectivity index (χ0n) is 7.36. The van der Waals surface area contributed by atoms with Crippen molar-refractivity contribution in [3.05, 3.63) is 24.3 Å². The van der Waals surface area contributed by atoms with E-state index in [1.54, 1.807) is 0 Å². The van der Waals surface area contributed by atoms with E-state index in [1.165, 1.54) is 0 Å². The van der Waals surface area contributed by atoms with Gasteiger partial charge in [0.2, 0.25) is 0 Å². The smallest absolute Gasteiger partial charge is 0.0530 e. The van der Waals surface area contributed by atoms with Crippen LogP contribution in [0.25, 0.3) is 10.8 Å². The molecule has 0 spiro atoms. The monoisotopic (exact) mass is 222 g/mol. The molecule has 14 heavy (non-hydrogen) atoms. The lowest BCUT2D eigenvalue weighted by molar-refractivity contribution is 1.47. The van der Waals surface area contributed by atoms with Crippen molar-refractivity contribution in [2.45, 2.75) is 9.79 Å². The van der Waals surface area contributed by atoms with Gasteiger partial charge in [0.05, 0.1) is 5.69 Å². The first kappa shape index (κ1) is 9.55. The Bertz CT molecular complexity index is 509. The molecule has 2 rings (SSSR count). The van der Waals surface area contributed by atoms with Crippen molar-refractivity contribution < 1.29 is 0 Å². The molecule has 0 saturated heterocycles. The molecule has 0 aliphatic heterocycles. The minimum absolute atomic E-state index is 0.647. The van der Waals surface area contributed by atoms with Crippen LogP contribution in [0.2, 0.25) is 0 Å². The van der Waals surface area contributed by atoms with E-state index in [0.717, 1.165) is 20.6 Å². The molecule has 0 bridgehead atoms. The lowest BCUT2D eigenvalue weighted by atomic mass is 10.1. The summed E-state index contributed by atoms with van der Waals surface area (Å²) in [7, 11) is 0. The van der Waals surface area contributed by atoms with Crippen LogP contribution in [0.1, 0.15) is 0 Å². The summed E-state index contributed by atoms with van der Waals surface area (Å²) < 4.78 is 0. The summed E-state index contributed by atoms with van der Waals surface area (Å²) in [5.41, 5.74) is 13.1. The summed E-state index contributed by atoms with van der Waals surface area (Å²) >= 11 is 8.50. The van der Waals surface area contributed by atoms with Crippen LogP contribution in [0.5, 0.6) is 0 Å². The topological polar surface area (TPSA) is 52.0 Å². The number of hydrogen-bond donors (Lipinski definition) is 4. The number of fused-ring (bicyclic) bond motifs is 1. The van der Waals surface area contributed by atoms with Crippen molar-refractivity contribution in [3.63, 3.8) is 0 Å². The SMILES string of the molecule is Nc1cc(S)cc2c(N)c(S)ccc12. The van der Waals surface area contributed by atoms with E-state index in [9.17, 15) is 0 Å². The zero-order valence-corrected chi connectivity index (χ0v) is 9.15. The summed E-state index contributed by atoms with van der Waals surface area (Å²) in [6.07, 6.45) is 0. The van der Waals surface area contributed by atoms with Gasteiger partial charge < -0.3 is 11.5 Å². The van der Waals surface area contributed by atoms with Gasteiger partial charge in [-0.25, -0.2) is 0 Å². The Morgan fingerprint density at radius 3 is 2.36 bits per heavy atom. The van der Waals surface area contributed by atoms with Gasteiger partial charge in [-0.15, -0.1) is 25.3 Å². The Kier molecular flexibility index (Phi) is 2.25. The summed E-state index contributed by atoms with van der Waals surface area (Å²) in [6, 6.07) is 7.46. The van der Waals surface area contributed by atoms with Crippen molar-refractivity contribution >= 4 is 47.4 Å². The first-order valence-corrected chi connectivity index (χ1v) is 4.98. The Morgan fingerprint density at radius 1 is 0.929 bits per heavy atom. The average Bonchev–Trinajstić information content (AvgIpc) is 2.12. The molecule has 0 aromatic heterocycles. The van der Waals surface area contributed by atoms with Crippen LogP contribution in [-0.2, 0) is 0 Å². The maximum absolute atomic E-state index is 5.89. The molecule has 72 valence electrons. The van der Waals surface area contributed by atoms with Gasteiger partial charge in [0.25, 0.3) is 0 Å². The van der Waals surface area contributed by atoms with E-state index >= 15 is 0 Å². The number of anilines is 2. The Morgan fingerprint density at radius 2 is 1.64 bits per heavy atom. The second kappa shape index (κ2) is 3.29. The van der Waals surface area contributed by atoms with Crippen molar-refractivity contribution in [2.75, 3.05) is 11.5 Å². The van der Waals surface area contributed by atoms with Gasteiger partial charge in [-0.05, 0) is 18.2 Å². The molecular weight excluding hydrogens is 212 g/mol. The molecule has 0 unspecified atom stereocenters. The van der Waals surface area contributed by atoms with Crippen molar-refractivity contribution in [1.82, 2.24) is 0 Å². The van der Waals surface area contributed by atoms with Gasteiger partial charge in [0, 0.05) is 26.3 Å². The first-order chi connectivity index (χ1) is 6.59. The Balaban J connectivity index is 2.95. The summed E-state index contributed by atoms with van der Waals surface area (Å²) in [5.74, 6) is 0. The molecule has 2 aromatic carbocycles. The molecule has 0 fully saturated rings. The molecule has 4 heteroatoms. The fourth-order valence-electron chi connectivity index (χ4n) is 1.46. The summed E-state index contributed by atoms with van der Waals surface area (Å²) in [6.45, 7) is 0. The Labute approximate surface area is 93.1 Å². The minimum atomic E-state index is 0.647. The number of rotatable bonds is 0. The highest BCUT2D eigenvalue weighted by molar-refractivity contribution is 7.80. The second-order valence-electron chi connectivity index (χ2n) is 3.13. The van der Waals surface area contributed by atoms with Crippen LogP contribution in [0.4, 0.5) is 11.4 Å². The third kappa shape index (κ3) is 1.40.